The average molecular weight is 265 g/mol. The van der Waals surface area contributed by atoms with Gasteiger partial charge in [0.05, 0.1) is 12.6 Å². The summed E-state index contributed by atoms with van der Waals surface area (Å²) in [5, 5.41) is 4.43. The van der Waals surface area contributed by atoms with Gasteiger partial charge in [0.1, 0.15) is 12.1 Å². The van der Waals surface area contributed by atoms with Crippen molar-refractivity contribution >= 4 is 16.6 Å². The lowest BCUT2D eigenvalue weighted by molar-refractivity contribution is 0.414. The molecule has 0 bridgehead atoms. The maximum atomic E-state index is 5.15. The second-order valence-electron chi connectivity index (χ2n) is 4.50. The minimum atomic E-state index is 0.767. The Hall–Kier alpha value is -2.62. The van der Waals surface area contributed by atoms with E-state index in [4.69, 9.17) is 4.74 Å². The van der Waals surface area contributed by atoms with Gasteiger partial charge in [-0.05, 0) is 35.9 Å². The topological polar surface area (TPSA) is 47.0 Å². The molecule has 2 aromatic carbocycles. The fourth-order valence-electron chi connectivity index (χ4n) is 2.04. The van der Waals surface area contributed by atoms with Crippen LogP contribution in [0.2, 0.25) is 0 Å². The molecule has 4 heteroatoms. The Morgan fingerprint density at radius 3 is 2.75 bits per heavy atom. The number of fused-ring (bicyclic) bond motifs is 1. The first-order valence-corrected chi connectivity index (χ1v) is 6.42. The highest BCUT2D eigenvalue weighted by Crippen LogP contribution is 2.17. The van der Waals surface area contributed by atoms with Crippen LogP contribution in [0.3, 0.4) is 0 Å². The zero-order valence-corrected chi connectivity index (χ0v) is 11.2. The van der Waals surface area contributed by atoms with E-state index >= 15 is 0 Å². The van der Waals surface area contributed by atoms with Gasteiger partial charge < -0.3 is 10.1 Å². The van der Waals surface area contributed by atoms with Gasteiger partial charge in [-0.15, -0.1) is 0 Å². The molecule has 0 saturated heterocycles. The van der Waals surface area contributed by atoms with E-state index in [1.54, 1.807) is 13.4 Å². The Morgan fingerprint density at radius 1 is 1.10 bits per heavy atom. The number of methoxy groups -OCH3 is 1. The van der Waals surface area contributed by atoms with Gasteiger partial charge in [-0.3, -0.25) is 0 Å². The second kappa shape index (κ2) is 5.57. The molecule has 0 radical (unpaired) electrons. The Labute approximate surface area is 117 Å². The van der Waals surface area contributed by atoms with Gasteiger partial charge in [0.15, 0.2) is 0 Å². The molecule has 0 aliphatic heterocycles. The summed E-state index contributed by atoms with van der Waals surface area (Å²) in [5.41, 5.74) is 3.22. The van der Waals surface area contributed by atoms with Crippen LogP contribution in [-0.2, 0) is 6.54 Å². The molecule has 1 N–H and O–H groups in total. The van der Waals surface area contributed by atoms with Crippen LogP contribution in [0, 0.1) is 0 Å². The van der Waals surface area contributed by atoms with E-state index in [0.29, 0.717) is 0 Å². The molecule has 0 fully saturated rings. The van der Waals surface area contributed by atoms with Crippen molar-refractivity contribution in [2.75, 3.05) is 12.4 Å². The summed E-state index contributed by atoms with van der Waals surface area (Å²) in [6.07, 6.45) is 3.38. The van der Waals surface area contributed by atoms with E-state index in [2.05, 4.69) is 33.5 Å². The van der Waals surface area contributed by atoms with E-state index < -0.39 is 0 Å². The summed E-state index contributed by atoms with van der Waals surface area (Å²) < 4.78 is 5.15. The van der Waals surface area contributed by atoms with Crippen LogP contribution in [0.15, 0.2) is 55.0 Å². The standard InChI is InChI=1S/C16H15N3O/c1-20-15-5-2-12(3-6-15)9-18-14-4-7-16-13(8-14)10-17-11-19-16/h2-8,10-11,18H,9H2,1H3. The van der Waals surface area contributed by atoms with Crippen molar-refractivity contribution in [2.45, 2.75) is 6.54 Å². The molecule has 0 saturated carbocycles. The maximum Gasteiger partial charge on any atom is 0.118 e. The van der Waals surface area contributed by atoms with Gasteiger partial charge >= 0.3 is 0 Å². The van der Waals surface area contributed by atoms with Crippen molar-refractivity contribution in [1.82, 2.24) is 9.97 Å². The van der Waals surface area contributed by atoms with Gasteiger partial charge in [0.2, 0.25) is 0 Å². The van der Waals surface area contributed by atoms with Crippen molar-refractivity contribution in [3.05, 3.63) is 60.6 Å². The van der Waals surface area contributed by atoms with E-state index in [1.165, 1.54) is 5.56 Å². The van der Waals surface area contributed by atoms with Gasteiger partial charge in [0, 0.05) is 23.8 Å². The molecule has 0 atom stereocenters. The normalized spacial score (nSPS) is 10.4. The third-order valence-corrected chi connectivity index (χ3v) is 3.16. The van der Waals surface area contributed by atoms with Crippen molar-refractivity contribution in [3.63, 3.8) is 0 Å². The summed E-state index contributed by atoms with van der Waals surface area (Å²) in [6.45, 7) is 0.767. The van der Waals surface area contributed by atoms with Crippen LogP contribution in [0.5, 0.6) is 5.75 Å². The molecule has 0 unspecified atom stereocenters. The zero-order chi connectivity index (χ0) is 13.8. The summed E-state index contributed by atoms with van der Waals surface area (Å²) in [7, 11) is 1.67. The molecule has 0 spiro atoms. The quantitative estimate of drug-likeness (QED) is 0.786. The fourth-order valence-corrected chi connectivity index (χ4v) is 2.04. The van der Waals surface area contributed by atoms with Crippen LogP contribution >= 0.6 is 0 Å². The van der Waals surface area contributed by atoms with E-state index in [0.717, 1.165) is 28.9 Å². The number of nitrogens with one attached hydrogen (secondary N) is 1. The van der Waals surface area contributed by atoms with Gasteiger partial charge in [-0.1, -0.05) is 12.1 Å². The molecule has 3 rings (SSSR count). The number of aromatic nitrogens is 2. The first kappa shape index (κ1) is 12.4. The SMILES string of the molecule is COc1ccc(CNc2ccc3ncncc3c2)cc1. The number of hydrogen-bond acceptors (Lipinski definition) is 4. The summed E-state index contributed by atoms with van der Waals surface area (Å²) in [4.78, 5) is 8.25. The molecular weight excluding hydrogens is 250 g/mol. The summed E-state index contributed by atoms with van der Waals surface area (Å²) in [6, 6.07) is 14.1. The van der Waals surface area contributed by atoms with E-state index in [9.17, 15) is 0 Å². The van der Waals surface area contributed by atoms with E-state index in [-0.39, 0.29) is 0 Å². The third-order valence-electron chi connectivity index (χ3n) is 3.16. The highest BCUT2D eigenvalue weighted by molar-refractivity contribution is 5.81. The molecular formula is C16H15N3O. The smallest absolute Gasteiger partial charge is 0.118 e. The second-order valence-corrected chi connectivity index (χ2v) is 4.50. The molecule has 1 heterocycles. The van der Waals surface area contributed by atoms with Crippen molar-refractivity contribution in [1.29, 1.82) is 0 Å². The average Bonchev–Trinajstić information content (AvgIpc) is 2.53. The summed E-state index contributed by atoms with van der Waals surface area (Å²) >= 11 is 0. The Morgan fingerprint density at radius 2 is 1.95 bits per heavy atom. The predicted octanol–water partition coefficient (Wildman–Crippen LogP) is 3.25. The van der Waals surface area contributed by atoms with Crippen LogP contribution in [0.1, 0.15) is 5.56 Å². The predicted molar refractivity (Wildman–Crippen MR) is 79.9 cm³/mol. The molecule has 0 aliphatic rings. The van der Waals surface area contributed by atoms with Crippen LogP contribution in [0.25, 0.3) is 10.9 Å². The maximum absolute atomic E-state index is 5.15. The number of anilines is 1. The van der Waals surface area contributed by atoms with Crippen molar-refractivity contribution in [3.8, 4) is 5.75 Å². The Kier molecular flexibility index (Phi) is 3.46. The number of hydrogen-bond donors (Lipinski definition) is 1. The zero-order valence-electron chi connectivity index (χ0n) is 11.2. The third kappa shape index (κ3) is 2.69. The fraction of sp³-hybridized carbons (Fsp3) is 0.125. The highest BCUT2D eigenvalue weighted by atomic mass is 16.5. The highest BCUT2D eigenvalue weighted by Gasteiger charge is 1.98. The molecule has 4 nitrogen and oxygen atoms in total. The number of rotatable bonds is 4. The Balaban J connectivity index is 1.72. The molecule has 0 amide bonds. The van der Waals surface area contributed by atoms with Crippen LogP contribution < -0.4 is 10.1 Å². The van der Waals surface area contributed by atoms with Gasteiger partial charge in [-0.25, -0.2) is 9.97 Å². The van der Waals surface area contributed by atoms with E-state index in [1.807, 2.05) is 30.5 Å². The first-order valence-electron chi connectivity index (χ1n) is 6.42. The Bertz CT molecular complexity index is 710. The van der Waals surface area contributed by atoms with Gasteiger partial charge in [0.25, 0.3) is 0 Å². The molecule has 20 heavy (non-hydrogen) atoms. The number of nitrogens with zero attached hydrogens (tertiary/aromatic N) is 2. The summed E-state index contributed by atoms with van der Waals surface area (Å²) in [5.74, 6) is 0.872. The van der Waals surface area contributed by atoms with Crippen molar-refractivity contribution in [2.24, 2.45) is 0 Å². The lowest BCUT2D eigenvalue weighted by Gasteiger charge is -2.08. The number of ether oxygens (including phenoxy) is 1. The number of benzene rings is 2. The van der Waals surface area contributed by atoms with Crippen LogP contribution in [-0.4, -0.2) is 17.1 Å². The molecule has 0 aliphatic carbocycles. The van der Waals surface area contributed by atoms with Crippen LogP contribution in [0.4, 0.5) is 5.69 Å². The largest absolute Gasteiger partial charge is 0.497 e. The first-order chi connectivity index (χ1) is 9.85. The lowest BCUT2D eigenvalue weighted by atomic mass is 10.2. The van der Waals surface area contributed by atoms with Crippen molar-refractivity contribution < 1.29 is 4.74 Å². The molecule has 100 valence electrons. The monoisotopic (exact) mass is 265 g/mol. The minimum absolute atomic E-state index is 0.767. The molecule has 1 aromatic heterocycles. The molecule has 3 aromatic rings. The lowest BCUT2D eigenvalue weighted by Crippen LogP contribution is -1.99. The minimum Gasteiger partial charge on any atom is -0.497 e. The van der Waals surface area contributed by atoms with Gasteiger partial charge in [-0.2, -0.15) is 0 Å².